The van der Waals surface area contributed by atoms with E-state index in [4.69, 9.17) is 0 Å². The van der Waals surface area contributed by atoms with Gasteiger partial charge in [-0.05, 0) is 13.3 Å². The van der Waals surface area contributed by atoms with Gasteiger partial charge in [-0.1, -0.05) is 28.5 Å². The molecule has 0 aliphatic carbocycles. The van der Waals surface area contributed by atoms with E-state index in [1.54, 1.807) is 6.92 Å². The summed E-state index contributed by atoms with van der Waals surface area (Å²) in [5.74, 6) is 0.0423. The normalized spacial score (nSPS) is 9.73. The maximum Gasteiger partial charge on any atom is 0.321 e. The van der Waals surface area contributed by atoms with E-state index in [1.165, 1.54) is 21.6 Å². The van der Waals surface area contributed by atoms with Crippen LogP contribution < -0.4 is 21.3 Å². The third kappa shape index (κ3) is 12.3. The molecule has 0 fully saturated rings. The van der Waals surface area contributed by atoms with Gasteiger partial charge in [0, 0.05) is 25.3 Å². The molecule has 0 rings (SSSR count). The monoisotopic (exact) mass is 350 g/mol. The first-order chi connectivity index (χ1) is 10.5. The molecule has 0 unspecified atom stereocenters. The first kappa shape index (κ1) is 20.6. The van der Waals surface area contributed by atoms with Gasteiger partial charge in [0.15, 0.2) is 0 Å². The molecule has 0 heterocycles. The Labute approximate surface area is 137 Å². The number of imide groups is 2. The lowest BCUT2D eigenvalue weighted by molar-refractivity contribution is -0.120. The largest absolute Gasteiger partial charge is 0.338 e. The van der Waals surface area contributed by atoms with Crippen molar-refractivity contribution in [1.29, 1.82) is 0 Å². The zero-order valence-corrected chi connectivity index (χ0v) is 14.3. The van der Waals surface area contributed by atoms with E-state index in [0.29, 0.717) is 31.7 Å². The molecule has 0 aromatic carbocycles. The molecular weight excluding hydrogens is 328 g/mol. The van der Waals surface area contributed by atoms with Crippen LogP contribution in [0.4, 0.5) is 9.59 Å². The summed E-state index contributed by atoms with van der Waals surface area (Å²) in [5, 5.41) is 9.39. The number of carbonyl (C=O) groups is 4. The first-order valence-electron chi connectivity index (χ1n) is 6.89. The smallest absolute Gasteiger partial charge is 0.321 e. The lowest BCUT2D eigenvalue weighted by Gasteiger charge is -2.06. The summed E-state index contributed by atoms with van der Waals surface area (Å²) in [5.41, 5.74) is 0. The van der Waals surface area contributed by atoms with Crippen molar-refractivity contribution in [2.75, 3.05) is 24.6 Å². The van der Waals surface area contributed by atoms with Gasteiger partial charge in [0.25, 0.3) is 0 Å². The van der Waals surface area contributed by atoms with Crippen LogP contribution in [0.5, 0.6) is 0 Å². The molecule has 0 aliphatic heterocycles. The molecular formula is C12H22N4O4S2. The number of hydrogen-bond donors (Lipinski definition) is 4. The van der Waals surface area contributed by atoms with Crippen molar-refractivity contribution in [1.82, 2.24) is 21.3 Å². The maximum atomic E-state index is 11.3. The van der Waals surface area contributed by atoms with Crippen LogP contribution in [0.2, 0.25) is 0 Å². The molecule has 0 bridgehead atoms. The van der Waals surface area contributed by atoms with Crippen LogP contribution in [0.1, 0.15) is 26.7 Å². The molecule has 0 radical (unpaired) electrons. The summed E-state index contributed by atoms with van der Waals surface area (Å²) in [6.07, 6.45) is 1.00. The number of rotatable bonds is 9. The Morgan fingerprint density at radius 1 is 0.864 bits per heavy atom. The number of carbonyl (C=O) groups excluding carboxylic acids is 4. The highest BCUT2D eigenvalue weighted by atomic mass is 33.1. The van der Waals surface area contributed by atoms with E-state index < -0.39 is 12.1 Å². The minimum atomic E-state index is -0.516. The van der Waals surface area contributed by atoms with Crippen LogP contribution in [0.25, 0.3) is 0 Å². The number of hydrogen-bond acceptors (Lipinski definition) is 6. The molecule has 0 saturated heterocycles. The molecule has 0 spiro atoms. The van der Waals surface area contributed by atoms with Gasteiger partial charge in [-0.2, -0.15) is 0 Å². The zero-order valence-electron chi connectivity index (χ0n) is 12.7. The van der Waals surface area contributed by atoms with Crippen molar-refractivity contribution < 1.29 is 19.2 Å². The molecule has 0 saturated carbocycles. The predicted octanol–water partition coefficient (Wildman–Crippen LogP) is 0.839. The quantitative estimate of drug-likeness (QED) is 0.362. The zero-order chi connectivity index (χ0) is 16.8. The van der Waals surface area contributed by atoms with Gasteiger partial charge in [-0.25, -0.2) is 9.59 Å². The molecule has 8 nitrogen and oxygen atoms in total. The van der Waals surface area contributed by atoms with Gasteiger partial charge >= 0.3 is 12.1 Å². The summed E-state index contributed by atoms with van der Waals surface area (Å²) in [6.45, 7) is 4.44. The van der Waals surface area contributed by atoms with Crippen molar-refractivity contribution in [3.8, 4) is 0 Å². The molecule has 4 N–H and O–H groups in total. The van der Waals surface area contributed by atoms with Gasteiger partial charge in [0.05, 0.1) is 5.75 Å². The molecule has 22 heavy (non-hydrogen) atoms. The minimum absolute atomic E-state index is 0.142. The number of amides is 6. The van der Waals surface area contributed by atoms with E-state index in [0.717, 1.165) is 0 Å². The van der Waals surface area contributed by atoms with E-state index in [1.807, 2.05) is 6.92 Å². The van der Waals surface area contributed by atoms with Crippen LogP contribution in [0.15, 0.2) is 0 Å². The third-order valence-electron chi connectivity index (χ3n) is 2.06. The fraction of sp³-hybridized carbons (Fsp3) is 0.667. The lowest BCUT2D eigenvalue weighted by Crippen LogP contribution is -2.40. The predicted molar refractivity (Wildman–Crippen MR) is 88.6 cm³/mol. The standard InChI is InChI=1S/C12H22N4O4S2/c1-3-5-9(17)15-12(20)14-6-7-21-22-8-10(18)16-11(19)13-4-2/h3-8H2,1-2H3,(H2,13,16,18,19)(H2,14,15,17,20). The van der Waals surface area contributed by atoms with Gasteiger partial charge in [-0.3, -0.25) is 20.2 Å². The van der Waals surface area contributed by atoms with Gasteiger partial charge in [-0.15, -0.1) is 0 Å². The Hall–Kier alpha value is -1.42. The van der Waals surface area contributed by atoms with Crippen molar-refractivity contribution >= 4 is 45.5 Å². The summed E-state index contributed by atoms with van der Waals surface area (Å²) < 4.78 is 0. The summed E-state index contributed by atoms with van der Waals surface area (Å²) in [7, 11) is 2.67. The van der Waals surface area contributed by atoms with E-state index in [9.17, 15) is 19.2 Å². The van der Waals surface area contributed by atoms with Crippen molar-refractivity contribution in [3.63, 3.8) is 0 Å². The molecule has 0 aromatic rings. The van der Waals surface area contributed by atoms with Crippen LogP contribution in [-0.4, -0.2) is 48.5 Å². The summed E-state index contributed by atoms with van der Waals surface area (Å²) >= 11 is 0. The SMILES string of the molecule is CCCC(=O)NC(=O)NCCSSCC(=O)NC(=O)NCC. The van der Waals surface area contributed by atoms with Crippen molar-refractivity contribution in [3.05, 3.63) is 0 Å². The van der Waals surface area contributed by atoms with Crippen molar-refractivity contribution in [2.24, 2.45) is 0 Å². The molecule has 10 heteroatoms. The van der Waals surface area contributed by atoms with Crippen molar-refractivity contribution in [2.45, 2.75) is 26.7 Å². The third-order valence-corrected chi connectivity index (χ3v) is 4.34. The highest BCUT2D eigenvalue weighted by Gasteiger charge is 2.07. The maximum absolute atomic E-state index is 11.3. The summed E-state index contributed by atoms with van der Waals surface area (Å²) in [6, 6.07) is -1.02. The topological polar surface area (TPSA) is 116 Å². The van der Waals surface area contributed by atoms with Gasteiger partial charge in [0.2, 0.25) is 11.8 Å². The first-order valence-corrected chi connectivity index (χ1v) is 9.38. The lowest BCUT2D eigenvalue weighted by atomic mass is 10.3. The fourth-order valence-corrected chi connectivity index (χ4v) is 2.93. The Kier molecular flexibility index (Phi) is 12.4. The Balaban J connectivity index is 3.53. The molecule has 6 amide bonds. The molecule has 126 valence electrons. The molecule has 0 aliphatic rings. The average Bonchev–Trinajstić information content (AvgIpc) is 2.42. The Bertz CT molecular complexity index is 357. The van der Waals surface area contributed by atoms with Crippen LogP contribution in [0, 0.1) is 0 Å². The average molecular weight is 350 g/mol. The second-order valence-electron chi connectivity index (χ2n) is 4.05. The fourth-order valence-electron chi connectivity index (χ4n) is 1.19. The molecule has 0 atom stereocenters. The molecule has 0 aromatic heterocycles. The van der Waals surface area contributed by atoms with Crippen LogP contribution in [-0.2, 0) is 9.59 Å². The Morgan fingerprint density at radius 2 is 1.50 bits per heavy atom. The number of urea groups is 2. The number of nitrogens with one attached hydrogen (secondary N) is 4. The second kappa shape index (κ2) is 13.3. The van der Waals surface area contributed by atoms with Gasteiger partial charge < -0.3 is 10.6 Å². The highest BCUT2D eigenvalue weighted by Crippen LogP contribution is 2.19. The van der Waals surface area contributed by atoms with Crippen LogP contribution >= 0.6 is 21.6 Å². The Morgan fingerprint density at radius 3 is 2.14 bits per heavy atom. The second-order valence-corrected chi connectivity index (χ2v) is 6.63. The van der Waals surface area contributed by atoms with E-state index >= 15 is 0 Å². The van der Waals surface area contributed by atoms with Crippen LogP contribution in [0.3, 0.4) is 0 Å². The summed E-state index contributed by atoms with van der Waals surface area (Å²) in [4.78, 5) is 44.8. The van der Waals surface area contributed by atoms with E-state index in [-0.39, 0.29) is 17.6 Å². The minimum Gasteiger partial charge on any atom is -0.338 e. The van der Waals surface area contributed by atoms with Gasteiger partial charge in [0.1, 0.15) is 0 Å². The highest BCUT2D eigenvalue weighted by molar-refractivity contribution is 8.76. The van der Waals surface area contributed by atoms with E-state index in [2.05, 4.69) is 21.3 Å².